The van der Waals surface area contributed by atoms with Crippen LogP contribution in [-0.4, -0.2) is 28.9 Å². The van der Waals surface area contributed by atoms with Crippen molar-refractivity contribution in [2.45, 2.75) is 46.2 Å². The summed E-state index contributed by atoms with van der Waals surface area (Å²) in [5.41, 5.74) is 2.07. The highest BCUT2D eigenvalue weighted by Gasteiger charge is 2.21. The summed E-state index contributed by atoms with van der Waals surface area (Å²) in [6, 6.07) is -0.285. The predicted octanol–water partition coefficient (Wildman–Crippen LogP) is 2.42. The Kier molecular flexibility index (Phi) is 6.68. The van der Waals surface area contributed by atoms with Crippen LogP contribution in [0.1, 0.15) is 38.6 Å². The molecule has 0 aliphatic carbocycles. The molecule has 1 aromatic rings. The molecule has 1 unspecified atom stereocenters. The zero-order valence-corrected chi connectivity index (χ0v) is 14.5. The van der Waals surface area contributed by atoms with Crippen LogP contribution in [0.5, 0.6) is 0 Å². The van der Waals surface area contributed by atoms with Crippen molar-refractivity contribution in [3.63, 3.8) is 0 Å². The highest BCUT2D eigenvalue weighted by Crippen LogP contribution is 2.21. The minimum atomic E-state index is -0.285. The summed E-state index contributed by atoms with van der Waals surface area (Å²) >= 11 is 3.58. The molecule has 0 radical (unpaired) electrons. The summed E-state index contributed by atoms with van der Waals surface area (Å²) < 4.78 is 7.72. The fraction of sp³-hybridized carbons (Fsp3) is 0.714. The molecule has 1 heterocycles. The van der Waals surface area contributed by atoms with Gasteiger partial charge in [-0.3, -0.25) is 14.8 Å². The van der Waals surface area contributed by atoms with Gasteiger partial charge in [-0.05, 0) is 34.7 Å². The van der Waals surface area contributed by atoms with Crippen LogP contribution < -0.4 is 5.32 Å². The van der Waals surface area contributed by atoms with Gasteiger partial charge in [0.2, 0.25) is 0 Å². The molecule has 0 fully saturated rings. The molecular weight excluding hydrogens is 322 g/mol. The maximum atomic E-state index is 11.8. The third-order valence-electron chi connectivity index (χ3n) is 3.21. The highest BCUT2D eigenvalue weighted by molar-refractivity contribution is 9.10. The van der Waals surface area contributed by atoms with Crippen molar-refractivity contribution in [1.82, 2.24) is 15.1 Å². The molecule has 0 aromatic carbocycles. The second kappa shape index (κ2) is 7.78. The number of methoxy groups -OCH3 is 1. The molecule has 0 amide bonds. The van der Waals surface area contributed by atoms with Gasteiger partial charge in [-0.2, -0.15) is 5.10 Å². The quantitative estimate of drug-likeness (QED) is 0.771. The number of carbonyl (C=O) groups is 1. The molecule has 20 heavy (non-hydrogen) atoms. The molecule has 1 aromatic heterocycles. The number of carbonyl (C=O) groups excluding carboxylic acids is 1. The summed E-state index contributed by atoms with van der Waals surface area (Å²) in [7, 11) is 3.34. The van der Waals surface area contributed by atoms with E-state index in [1.54, 1.807) is 0 Å². The Morgan fingerprint density at radius 3 is 2.60 bits per heavy atom. The summed E-state index contributed by atoms with van der Waals surface area (Å²) in [5.74, 6) is 0.209. The highest BCUT2D eigenvalue weighted by atomic mass is 79.9. The van der Waals surface area contributed by atoms with Gasteiger partial charge in [0.1, 0.15) is 6.04 Å². The van der Waals surface area contributed by atoms with Crippen LogP contribution in [0.4, 0.5) is 0 Å². The molecule has 6 heteroatoms. The van der Waals surface area contributed by atoms with Crippen LogP contribution in [0.2, 0.25) is 0 Å². The summed E-state index contributed by atoms with van der Waals surface area (Å²) in [6.07, 6.45) is 1.63. The molecule has 1 atom stereocenters. The monoisotopic (exact) mass is 345 g/mol. The molecule has 0 spiro atoms. The Balaban J connectivity index is 2.77. The van der Waals surface area contributed by atoms with Gasteiger partial charge in [0.05, 0.1) is 23.0 Å². The Bertz CT molecular complexity index is 458. The van der Waals surface area contributed by atoms with Gasteiger partial charge in [0.15, 0.2) is 0 Å². The van der Waals surface area contributed by atoms with Crippen LogP contribution in [0, 0.1) is 5.92 Å². The molecule has 0 bridgehead atoms. The van der Waals surface area contributed by atoms with Crippen LogP contribution in [0.25, 0.3) is 0 Å². The number of esters is 1. The van der Waals surface area contributed by atoms with Crippen molar-refractivity contribution in [3.05, 3.63) is 15.9 Å². The lowest BCUT2D eigenvalue weighted by Crippen LogP contribution is -2.38. The molecule has 1 N–H and O–H groups in total. The lowest BCUT2D eigenvalue weighted by atomic mass is 10.0. The van der Waals surface area contributed by atoms with Gasteiger partial charge in [0.25, 0.3) is 0 Å². The number of aryl methyl sites for hydroxylation is 2. The van der Waals surface area contributed by atoms with Gasteiger partial charge in [0, 0.05) is 13.6 Å². The van der Waals surface area contributed by atoms with E-state index < -0.39 is 0 Å². The van der Waals surface area contributed by atoms with E-state index in [2.05, 4.69) is 47.1 Å². The van der Waals surface area contributed by atoms with Crippen molar-refractivity contribution in [2.75, 3.05) is 7.11 Å². The maximum absolute atomic E-state index is 11.8. The predicted molar refractivity (Wildman–Crippen MR) is 82.4 cm³/mol. The van der Waals surface area contributed by atoms with Crippen LogP contribution in [-0.2, 0) is 29.5 Å². The van der Waals surface area contributed by atoms with E-state index in [0.717, 1.165) is 28.7 Å². The number of ether oxygens (including phenoxy) is 1. The normalized spacial score (nSPS) is 12.8. The number of hydrogen-bond acceptors (Lipinski definition) is 4. The van der Waals surface area contributed by atoms with Crippen LogP contribution in [0.15, 0.2) is 4.47 Å². The largest absolute Gasteiger partial charge is 0.468 e. The van der Waals surface area contributed by atoms with E-state index in [1.165, 1.54) is 7.11 Å². The Morgan fingerprint density at radius 1 is 1.50 bits per heavy atom. The number of rotatable bonds is 7. The Hall–Kier alpha value is -0.880. The summed E-state index contributed by atoms with van der Waals surface area (Å²) in [5, 5.41) is 7.72. The first-order valence-corrected chi connectivity index (χ1v) is 7.71. The second-order valence-electron chi connectivity index (χ2n) is 5.27. The standard InChI is InChI=1S/C14H24BrN3O2/c1-6-10-13(15)12(18(4)17-10)8-16-11(7-9(2)3)14(19)20-5/h9,11,16H,6-8H2,1-5H3. The number of hydrogen-bond donors (Lipinski definition) is 1. The average Bonchev–Trinajstić information content (AvgIpc) is 2.68. The summed E-state index contributed by atoms with van der Waals surface area (Å²) in [4.78, 5) is 11.8. The van der Waals surface area contributed by atoms with Crippen molar-refractivity contribution < 1.29 is 9.53 Å². The molecule has 1 rings (SSSR count). The lowest BCUT2D eigenvalue weighted by Gasteiger charge is -2.18. The maximum Gasteiger partial charge on any atom is 0.322 e. The number of nitrogens with zero attached hydrogens (tertiary/aromatic N) is 2. The minimum Gasteiger partial charge on any atom is -0.468 e. The zero-order valence-electron chi connectivity index (χ0n) is 12.9. The third kappa shape index (κ3) is 4.31. The molecule has 0 saturated carbocycles. The molecule has 5 nitrogen and oxygen atoms in total. The topological polar surface area (TPSA) is 56.2 Å². The number of nitrogens with one attached hydrogen (secondary N) is 1. The first-order chi connectivity index (χ1) is 9.40. The molecule has 0 saturated heterocycles. The smallest absolute Gasteiger partial charge is 0.322 e. The van der Waals surface area contributed by atoms with Gasteiger partial charge in [-0.25, -0.2) is 0 Å². The van der Waals surface area contributed by atoms with Crippen molar-refractivity contribution in [3.8, 4) is 0 Å². The SMILES string of the molecule is CCc1nn(C)c(CNC(CC(C)C)C(=O)OC)c1Br. The second-order valence-corrected chi connectivity index (χ2v) is 6.06. The van der Waals surface area contributed by atoms with Crippen LogP contribution in [0.3, 0.4) is 0 Å². The third-order valence-corrected chi connectivity index (χ3v) is 4.13. The van der Waals surface area contributed by atoms with E-state index in [0.29, 0.717) is 12.5 Å². The fourth-order valence-corrected chi connectivity index (χ4v) is 2.86. The molecule has 0 aliphatic rings. The van der Waals surface area contributed by atoms with Gasteiger partial charge < -0.3 is 4.74 Å². The molecule has 0 aliphatic heterocycles. The Morgan fingerprint density at radius 2 is 2.15 bits per heavy atom. The number of aromatic nitrogens is 2. The van der Waals surface area contributed by atoms with Gasteiger partial charge >= 0.3 is 5.97 Å². The minimum absolute atomic E-state index is 0.215. The van der Waals surface area contributed by atoms with E-state index in [9.17, 15) is 4.79 Å². The average molecular weight is 346 g/mol. The van der Waals surface area contributed by atoms with E-state index in [-0.39, 0.29) is 12.0 Å². The fourth-order valence-electron chi connectivity index (χ4n) is 2.11. The summed E-state index contributed by atoms with van der Waals surface area (Å²) in [6.45, 7) is 6.83. The van der Waals surface area contributed by atoms with Crippen molar-refractivity contribution in [2.24, 2.45) is 13.0 Å². The molecule has 114 valence electrons. The van der Waals surface area contributed by atoms with Crippen LogP contribution >= 0.6 is 15.9 Å². The van der Waals surface area contributed by atoms with Crippen molar-refractivity contribution in [1.29, 1.82) is 0 Å². The van der Waals surface area contributed by atoms with Crippen molar-refractivity contribution >= 4 is 21.9 Å². The first kappa shape index (κ1) is 17.2. The van der Waals surface area contributed by atoms with E-state index >= 15 is 0 Å². The molecular formula is C14H24BrN3O2. The Labute approximate surface area is 129 Å². The van der Waals surface area contributed by atoms with E-state index in [4.69, 9.17) is 4.74 Å². The zero-order chi connectivity index (χ0) is 15.3. The number of halogens is 1. The van der Waals surface area contributed by atoms with Gasteiger partial charge in [-0.15, -0.1) is 0 Å². The first-order valence-electron chi connectivity index (χ1n) is 6.92. The lowest BCUT2D eigenvalue weighted by molar-refractivity contribution is -0.143. The van der Waals surface area contributed by atoms with Gasteiger partial charge in [-0.1, -0.05) is 20.8 Å². The van der Waals surface area contributed by atoms with E-state index in [1.807, 2.05) is 11.7 Å².